The minimum Gasteiger partial charge on any atom is -0.380 e. The lowest BCUT2D eigenvalue weighted by Crippen LogP contribution is -2.47. The lowest BCUT2D eigenvalue weighted by Gasteiger charge is -2.29. The Hall–Kier alpha value is -2.92. The molecular formula is C21H18F4N2O2. The molecule has 29 heavy (non-hydrogen) atoms. The van der Waals surface area contributed by atoms with Gasteiger partial charge in [0.2, 0.25) is 0 Å². The quantitative estimate of drug-likeness (QED) is 0.594. The normalized spacial score (nSPS) is 15.6. The first kappa shape index (κ1) is 20.8. The summed E-state index contributed by atoms with van der Waals surface area (Å²) in [7, 11) is 0. The van der Waals surface area contributed by atoms with Gasteiger partial charge in [-0.15, -0.1) is 0 Å². The van der Waals surface area contributed by atoms with Crippen LogP contribution in [0, 0.1) is 12.4 Å². The molecule has 152 valence electrons. The third-order valence-corrected chi connectivity index (χ3v) is 4.99. The maximum atomic E-state index is 13.5. The second-order valence-corrected chi connectivity index (χ2v) is 7.28. The fraction of sp³-hybridized carbons (Fsp3) is 0.333. The van der Waals surface area contributed by atoms with Crippen molar-refractivity contribution in [2.24, 2.45) is 0 Å². The number of benzene rings is 2. The number of Topliss-reactive ketones (excluding diaryl/α,β-unsaturated/α-hetero) is 1. The van der Waals surface area contributed by atoms with Crippen LogP contribution in [-0.2, 0) is 23.8 Å². The van der Waals surface area contributed by atoms with Crippen LogP contribution in [0.4, 0.5) is 28.9 Å². The fourth-order valence-electron chi connectivity index (χ4n) is 3.44. The highest BCUT2D eigenvalue weighted by Crippen LogP contribution is 2.37. The summed E-state index contributed by atoms with van der Waals surface area (Å²) in [5.41, 5.74) is -1.94. The van der Waals surface area contributed by atoms with Crippen LogP contribution >= 0.6 is 0 Å². The predicted molar refractivity (Wildman–Crippen MR) is 99.4 cm³/mol. The Labute approximate surface area is 165 Å². The molecule has 2 aromatic rings. The van der Waals surface area contributed by atoms with Crippen molar-refractivity contribution in [3.63, 3.8) is 0 Å². The van der Waals surface area contributed by atoms with Gasteiger partial charge in [0.15, 0.2) is 11.5 Å². The van der Waals surface area contributed by atoms with E-state index in [9.17, 15) is 27.5 Å². The molecule has 1 atom stereocenters. The number of hydrogen-bond donors (Lipinski definition) is 1. The molecule has 8 heteroatoms. The number of fused-ring (bicyclic) bond motifs is 1. The lowest BCUT2D eigenvalue weighted by atomic mass is 9.93. The summed E-state index contributed by atoms with van der Waals surface area (Å²) < 4.78 is 52.9. The van der Waals surface area contributed by atoms with Crippen LogP contribution in [0.5, 0.6) is 0 Å². The second kappa shape index (κ2) is 7.48. The molecule has 0 bridgehead atoms. The van der Waals surface area contributed by atoms with E-state index >= 15 is 0 Å². The molecule has 1 N–H and O–H groups in total. The van der Waals surface area contributed by atoms with Gasteiger partial charge in [0.1, 0.15) is 11.4 Å². The van der Waals surface area contributed by atoms with E-state index in [1.807, 2.05) is 0 Å². The zero-order valence-corrected chi connectivity index (χ0v) is 15.6. The Morgan fingerprint density at radius 1 is 1.24 bits per heavy atom. The molecule has 0 unspecified atom stereocenters. The predicted octanol–water partition coefficient (Wildman–Crippen LogP) is 4.32. The molecule has 0 aliphatic carbocycles. The minimum atomic E-state index is -4.72. The highest BCUT2D eigenvalue weighted by molar-refractivity contribution is 5.89. The lowest BCUT2D eigenvalue weighted by molar-refractivity contribution is -0.137. The molecule has 0 saturated heterocycles. The molecule has 0 saturated carbocycles. The third kappa shape index (κ3) is 4.40. The van der Waals surface area contributed by atoms with Gasteiger partial charge < -0.3 is 10.0 Å². The summed E-state index contributed by atoms with van der Waals surface area (Å²) in [5, 5.41) is 10.7. The molecule has 1 aliphatic heterocycles. The van der Waals surface area contributed by atoms with Gasteiger partial charge in [-0.05, 0) is 36.6 Å². The number of carbonyl (C=O) groups is 1. The largest absolute Gasteiger partial charge is 0.407 e. The van der Waals surface area contributed by atoms with Gasteiger partial charge >= 0.3 is 6.18 Å². The number of nitrogens with zero attached hydrogens (tertiary/aromatic N) is 2. The highest BCUT2D eigenvalue weighted by atomic mass is 19.4. The molecule has 1 heterocycles. The Balaban J connectivity index is 1.77. The maximum absolute atomic E-state index is 13.5. The van der Waals surface area contributed by atoms with Gasteiger partial charge in [-0.2, -0.15) is 13.2 Å². The number of halogens is 4. The number of carbonyl (C=O) groups excluding carboxylic acids is 1. The molecule has 0 fully saturated rings. The van der Waals surface area contributed by atoms with Crippen molar-refractivity contribution in [1.29, 1.82) is 0 Å². The van der Waals surface area contributed by atoms with Gasteiger partial charge in [0, 0.05) is 18.7 Å². The maximum Gasteiger partial charge on any atom is 0.407 e. The SMILES string of the molecule is [C-]#[N+]c1ccc(CC(=O)[C@@](C)(O)CN2CCc3ccc(F)cc32)cc1C(F)(F)F. The monoisotopic (exact) mass is 406 g/mol. The minimum absolute atomic E-state index is 0.0582. The van der Waals surface area contributed by atoms with Crippen LogP contribution in [0.1, 0.15) is 23.6 Å². The first-order valence-corrected chi connectivity index (χ1v) is 8.88. The molecule has 0 radical (unpaired) electrons. The Bertz CT molecular complexity index is 993. The highest BCUT2D eigenvalue weighted by Gasteiger charge is 2.36. The number of aliphatic hydroxyl groups is 1. The van der Waals surface area contributed by atoms with Crippen molar-refractivity contribution in [3.8, 4) is 0 Å². The topological polar surface area (TPSA) is 44.9 Å². The van der Waals surface area contributed by atoms with Gasteiger partial charge in [-0.3, -0.25) is 4.79 Å². The van der Waals surface area contributed by atoms with E-state index in [1.54, 1.807) is 11.0 Å². The molecule has 0 amide bonds. The Morgan fingerprint density at radius 2 is 1.97 bits per heavy atom. The number of alkyl halides is 3. The molecule has 1 aliphatic rings. The van der Waals surface area contributed by atoms with Crippen LogP contribution in [0.25, 0.3) is 4.85 Å². The van der Waals surface area contributed by atoms with Crippen molar-refractivity contribution < 1.29 is 27.5 Å². The number of rotatable bonds is 5. The van der Waals surface area contributed by atoms with Crippen LogP contribution < -0.4 is 4.90 Å². The van der Waals surface area contributed by atoms with Crippen LogP contribution in [0.15, 0.2) is 36.4 Å². The van der Waals surface area contributed by atoms with Crippen LogP contribution in [0.2, 0.25) is 0 Å². The van der Waals surface area contributed by atoms with E-state index in [4.69, 9.17) is 6.57 Å². The van der Waals surface area contributed by atoms with Crippen molar-refractivity contribution >= 4 is 17.2 Å². The summed E-state index contributed by atoms with van der Waals surface area (Å²) in [5.74, 6) is -1.09. The zero-order chi connectivity index (χ0) is 21.4. The molecule has 3 rings (SSSR count). The average molecular weight is 406 g/mol. The van der Waals surface area contributed by atoms with E-state index in [-0.39, 0.29) is 12.1 Å². The van der Waals surface area contributed by atoms with Crippen molar-refractivity contribution in [2.75, 3.05) is 18.0 Å². The van der Waals surface area contributed by atoms with Gasteiger partial charge in [-0.25, -0.2) is 9.24 Å². The van der Waals surface area contributed by atoms with E-state index < -0.39 is 41.0 Å². The summed E-state index contributed by atoms with van der Waals surface area (Å²) in [4.78, 5) is 17.2. The van der Waals surface area contributed by atoms with E-state index in [0.29, 0.717) is 18.7 Å². The third-order valence-electron chi connectivity index (χ3n) is 4.99. The number of hydrogen-bond acceptors (Lipinski definition) is 3. The zero-order valence-electron chi connectivity index (χ0n) is 15.6. The smallest absolute Gasteiger partial charge is 0.380 e. The first-order chi connectivity index (χ1) is 13.5. The number of ketones is 1. The van der Waals surface area contributed by atoms with E-state index in [1.165, 1.54) is 25.1 Å². The first-order valence-electron chi connectivity index (χ1n) is 8.88. The van der Waals surface area contributed by atoms with Crippen LogP contribution in [-0.4, -0.2) is 29.6 Å². The number of anilines is 1. The van der Waals surface area contributed by atoms with Crippen molar-refractivity contribution in [3.05, 3.63) is 70.3 Å². The molecule has 2 aromatic carbocycles. The van der Waals surface area contributed by atoms with Gasteiger partial charge in [-0.1, -0.05) is 24.3 Å². The summed E-state index contributed by atoms with van der Waals surface area (Å²) in [6, 6.07) is 7.39. The van der Waals surface area contributed by atoms with E-state index in [0.717, 1.165) is 17.7 Å². The standard InChI is InChI=1S/C21H18F4N2O2/c1-20(29,12-27-8-7-14-4-5-15(22)11-18(14)27)19(28)10-13-3-6-17(26-2)16(9-13)21(23,24)25/h3-6,9,11,29H,7-8,10,12H2,1H3/t20-/m0/s1. The molecular weight excluding hydrogens is 388 g/mol. The summed E-state index contributed by atoms with van der Waals surface area (Å²) >= 11 is 0. The molecule has 0 aromatic heterocycles. The summed E-state index contributed by atoms with van der Waals surface area (Å²) in [6.07, 6.45) is -4.49. The van der Waals surface area contributed by atoms with Crippen LogP contribution in [0.3, 0.4) is 0 Å². The van der Waals surface area contributed by atoms with Crippen molar-refractivity contribution in [2.45, 2.75) is 31.5 Å². The Kier molecular flexibility index (Phi) is 5.37. The van der Waals surface area contributed by atoms with Gasteiger partial charge in [0.25, 0.3) is 0 Å². The number of β-amino-alcohol motifs (C(OH)–C–C–N with tert-alkyl or cyclic N) is 1. The molecule has 4 nitrogen and oxygen atoms in total. The second-order valence-electron chi connectivity index (χ2n) is 7.28. The average Bonchev–Trinajstić information content (AvgIpc) is 3.02. The Morgan fingerprint density at radius 3 is 2.62 bits per heavy atom. The molecule has 0 spiro atoms. The van der Waals surface area contributed by atoms with Crippen molar-refractivity contribution in [1.82, 2.24) is 0 Å². The summed E-state index contributed by atoms with van der Waals surface area (Å²) in [6.45, 7) is 8.56. The van der Waals surface area contributed by atoms with E-state index in [2.05, 4.69) is 4.85 Å². The fourth-order valence-corrected chi connectivity index (χ4v) is 3.44. The van der Waals surface area contributed by atoms with Gasteiger partial charge in [0.05, 0.1) is 18.7 Å².